The predicted molar refractivity (Wildman–Crippen MR) is 86.6 cm³/mol. The molecule has 1 aliphatic heterocycles. The number of benzene rings is 1. The van der Waals surface area contributed by atoms with Crippen LogP contribution in [0.2, 0.25) is 5.02 Å². The van der Waals surface area contributed by atoms with Crippen LogP contribution in [-0.2, 0) is 4.79 Å². The molecule has 0 saturated carbocycles. The van der Waals surface area contributed by atoms with Gasteiger partial charge in [-0.2, -0.15) is 0 Å². The van der Waals surface area contributed by atoms with E-state index in [0.29, 0.717) is 20.8 Å². The zero-order valence-electron chi connectivity index (χ0n) is 10.2. The molecule has 20 heavy (non-hydrogen) atoms. The SMILES string of the molecule is O=C1NC(=Nc2ccccc2Cl)S/C1=C\c1cccs1. The second kappa shape index (κ2) is 5.83. The fraction of sp³-hybridized carbons (Fsp3) is 0. The molecule has 0 atom stereocenters. The third kappa shape index (κ3) is 2.95. The Morgan fingerprint density at radius 1 is 1.20 bits per heavy atom. The summed E-state index contributed by atoms with van der Waals surface area (Å²) < 4.78 is 0. The summed E-state index contributed by atoms with van der Waals surface area (Å²) in [4.78, 5) is 17.9. The Morgan fingerprint density at radius 2 is 2.05 bits per heavy atom. The van der Waals surface area contributed by atoms with Crippen molar-refractivity contribution in [3.05, 3.63) is 56.6 Å². The van der Waals surface area contributed by atoms with Crippen LogP contribution in [0.4, 0.5) is 5.69 Å². The lowest BCUT2D eigenvalue weighted by Gasteiger charge is -1.98. The highest BCUT2D eigenvalue weighted by atomic mass is 35.5. The average Bonchev–Trinajstić information content (AvgIpc) is 3.04. The highest BCUT2D eigenvalue weighted by Crippen LogP contribution is 2.31. The maximum Gasteiger partial charge on any atom is 0.264 e. The number of thiophene rings is 1. The summed E-state index contributed by atoms with van der Waals surface area (Å²) in [6.45, 7) is 0. The van der Waals surface area contributed by atoms with Gasteiger partial charge in [0.15, 0.2) is 5.17 Å². The first kappa shape index (κ1) is 13.4. The normalized spacial score (nSPS) is 18.8. The highest BCUT2D eigenvalue weighted by molar-refractivity contribution is 8.18. The van der Waals surface area contributed by atoms with Gasteiger partial charge in [0, 0.05) is 4.88 Å². The summed E-state index contributed by atoms with van der Waals surface area (Å²) in [5.74, 6) is -0.130. The third-order valence-electron chi connectivity index (χ3n) is 2.54. The average molecular weight is 321 g/mol. The van der Waals surface area contributed by atoms with E-state index in [1.807, 2.05) is 41.8 Å². The topological polar surface area (TPSA) is 41.5 Å². The molecular formula is C14H9ClN2OS2. The zero-order valence-corrected chi connectivity index (χ0v) is 12.6. The van der Waals surface area contributed by atoms with Gasteiger partial charge in [-0.1, -0.05) is 29.8 Å². The van der Waals surface area contributed by atoms with Crippen LogP contribution in [0.15, 0.2) is 51.7 Å². The van der Waals surface area contributed by atoms with E-state index in [-0.39, 0.29) is 5.91 Å². The summed E-state index contributed by atoms with van der Waals surface area (Å²) in [7, 11) is 0. The minimum Gasteiger partial charge on any atom is -0.300 e. The molecule has 100 valence electrons. The quantitative estimate of drug-likeness (QED) is 0.838. The van der Waals surface area contributed by atoms with Crippen molar-refractivity contribution in [1.29, 1.82) is 0 Å². The highest BCUT2D eigenvalue weighted by Gasteiger charge is 2.24. The van der Waals surface area contributed by atoms with Crippen molar-refractivity contribution < 1.29 is 4.79 Å². The van der Waals surface area contributed by atoms with Crippen LogP contribution in [-0.4, -0.2) is 11.1 Å². The predicted octanol–water partition coefficient (Wildman–Crippen LogP) is 4.29. The van der Waals surface area contributed by atoms with Crippen molar-refractivity contribution in [3.63, 3.8) is 0 Å². The molecule has 1 aromatic carbocycles. The molecular weight excluding hydrogens is 312 g/mol. The number of aliphatic imine (C=N–C) groups is 1. The minimum absolute atomic E-state index is 0.130. The maximum atomic E-state index is 11.9. The van der Waals surface area contributed by atoms with Crippen LogP contribution >= 0.6 is 34.7 Å². The van der Waals surface area contributed by atoms with Crippen molar-refractivity contribution in [1.82, 2.24) is 5.32 Å². The summed E-state index contributed by atoms with van der Waals surface area (Å²) in [6.07, 6.45) is 1.86. The molecule has 0 radical (unpaired) electrons. The Balaban J connectivity index is 1.85. The Kier molecular flexibility index (Phi) is 3.91. The third-order valence-corrected chi connectivity index (χ3v) is 4.59. The number of amides is 1. The van der Waals surface area contributed by atoms with Crippen LogP contribution < -0.4 is 5.32 Å². The molecule has 0 spiro atoms. The van der Waals surface area contributed by atoms with Crippen LogP contribution in [0.25, 0.3) is 6.08 Å². The largest absolute Gasteiger partial charge is 0.300 e. The van der Waals surface area contributed by atoms with Gasteiger partial charge < -0.3 is 5.32 Å². The number of rotatable bonds is 2. The molecule has 1 N–H and O–H groups in total. The Hall–Kier alpha value is -1.56. The van der Waals surface area contributed by atoms with Crippen molar-refractivity contribution >= 4 is 57.5 Å². The summed E-state index contributed by atoms with van der Waals surface area (Å²) >= 11 is 8.96. The Bertz CT molecular complexity index is 708. The van der Waals surface area contributed by atoms with Gasteiger partial charge in [0.1, 0.15) is 0 Å². The van der Waals surface area contributed by atoms with Gasteiger partial charge in [0.25, 0.3) is 5.91 Å². The van der Waals surface area contributed by atoms with Crippen molar-refractivity contribution in [2.75, 3.05) is 0 Å². The molecule has 1 amide bonds. The molecule has 2 aromatic rings. The molecule has 1 fully saturated rings. The van der Waals surface area contributed by atoms with Gasteiger partial charge in [-0.25, -0.2) is 4.99 Å². The fourth-order valence-electron chi connectivity index (χ4n) is 1.63. The first-order valence-electron chi connectivity index (χ1n) is 5.80. The smallest absolute Gasteiger partial charge is 0.264 e. The number of nitrogens with zero attached hydrogens (tertiary/aromatic N) is 1. The van der Waals surface area contributed by atoms with E-state index in [4.69, 9.17) is 11.6 Å². The number of para-hydroxylation sites is 1. The van der Waals surface area contributed by atoms with Crippen molar-refractivity contribution in [2.45, 2.75) is 0 Å². The monoisotopic (exact) mass is 320 g/mol. The first-order valence-corrected chi connectivity index (χ1v) is 7.87. The van der Waals surface area contributed by atoms with Crippen LogP contribution in [0.5, 0.6) is 0 Å². The second-order valence-corrected chi connectivity index (χ2v) is 6.37. The lowest BCUT2D eigenvalue weighted by atomic mass is 10.3. The van der Waals surface area contributed by atoms with E-state index in [0.717, 1.165) is 4.88 Å². The lowest BCUT2D eigenvalue weighted by Crippen LogP contribution is -2.19. The summed E-state index contributed by atoms with van der Waals surface area (Å²) in [5.41, 5.74) is 0.648. The number of nitrogens with one attached hydrogen (secondary N) is 1. The van der Waals surface area contributed by atoms with Crippen molar-refractivity contribution in [2.24, 2.45) is 4.99 Å². The molecule has 3 rings (SSSR count). The van der Waals surface area contributed by atoms with Crippen molar-refractivity contribution in [3.8, 4) is 0 Å². The van der Waals surface area contributed by atoms with Gasteiger partial charge in [-0.15, -0.1) is 11.3 Å². The minimum atomic E-state index is -0.130. The van der Waals surface area contributed by atoms with E-state index < -0.39 is 0 Å². The summed E-state index contributed by atoms with van der Waals surface area (Å²) in [6, 6.07) is 11.2. The number of amidine groups is 1. The number of halogens is 1. The standard InChI is InChI=1S/C14H9ClN2OS2/c15-10-5-1-2-6-11(10)16-14-17-13(18)12(20-14)8-9-4-3-7-19-9/h1-8H,(H,16,17,18)/b12-8-. The number of hydrogen-bond donors (Lipinski definition) is 1. The molecule has 0 unspecified atom stereocenters. The van der Waals surface area contributed by atoms with Crippen LogP contribution in [0, 0.1) is 0 Å². The number of hydrogen-bond acceptors (Lipinski definition) is 4. The van der Waals surface area contributed by atoms with Gasteiger partial charge in [0.05, 0.1) is 15.6 Å². The summed E-state index contributed by atoms with van der Waals surface area (Å²) in [5, 5.41) is 5.83. The van der Waals surface area contributed by atoms with Gasteiger partial charge in [-0.05, 0) is 41.4 Å². The molecule has 1 saturated heterocycles. The van der Waals surface area contributed by atoms with Crippen LogP contribution in [0.3, 0.4) is 0 Å². The van der Waals surface area contributed by atoms with E-state index in [9.17, 15) is 4.79 Å². The maximum absolute atomic E-state index is 11.9. The molecule has 0 aliphatic carbocycles. The van der Waals surface area contributed by atoms with E-state index in [1.54, 1.807) is 17.4 Å². The fourth-order valence-corrected chi connectivity index (χ4v) is 3.37. The first-order chi connectivity index (χ1) is 9.72. The van der Waals surface area contributed by atoms with E-state index >= 15 is 0 Å². The van der Waals surface area contributed by atoms with Gasteiger partial charge in [0.2, 0.25) is 0 Å². The molecule has 1 aromatic heterocycles. The van der Waals surface area contributed by atoms with E-state index in [1.165, 1.54) is 11.8 Å². The molecule has 1 aliphatic rings. The zero-order chi connectivity index (χ0) is 13.9. The van der Waals surface area contributed by atoms with E-state index in [2.05, 4.69) is 10.3 Å². The molecule has 0 bridgehead atoms. The molecule has 6 heteroatoms. The van der Waals surface area contributed by atoms with Gasteiger partial charge >= 0.3 is 0 Å². The molecule has 2 heterocycles. The number of carbonyl (C=O) groups excluding carboxylic acids is 1. The second-order valence-electron chi connectivity index (χ2n) is 3.95. The lowest BCUT2D eigenvalue weighted by molar-refractivity contribution is -0.115. The Morgan fingerprint density at radius 3 is 2.80 bits per heavy atom. The Labute approximate surface area is 129 Å². The number of carbonyl (C=O) groups is 1. The molecule has 3 nitrogen and oxygen atoms in total. The van der Waals surface area contributed by atoms with Gasteiger partial charge in [-0.3, -0.25) is 4.79 Å². The number of thioether (sulfide) groups is 1. The van der Waals surface area contributed by atoms with Crippen LogP contribution in [0.1, 0.15) is 4.88 Å².